The number of carbonyl (C=O) groups excluding carboxylic acids is 6. The SMILES string of the molecule is CC(C)C(=O)CCC(=O)N[C@H](C(=O)CC(CCCNC(N)=O)C(=O)Nc1ccc(COC(=O)C(C)C)cc1)C(C)C. The second-order valence-corrected chi connectivity index (χ2v) is 11.2. The number of rotatable bonds is 18. The third kappa shape index (κ3) is 13.9. The van der Waals surface area contributed by atoms with Crippen LogP contribution in [0.5, 0.6) is 0 Å². The van der Waals surface area contributed by atoms with Crippen LogP contribution in [0.3, 0.4) is 0 Å². The summed E-state index contributed by atoms with van der Waals surface area (Å²) in [7, 11) is 0. The van der Waals surface area contributed by atoms with Gasteiger partial charge in [-0.15, -0.1) is 0 Å². The van der Waals surface area contributed by atoms with E-state index in [-0.39, 0.29) is 73.6 Å². The van der Waals surface area contributed by atoms with Crippen LogP contribution in [0.15, 0.2) is 24.3 Å². The Labute approximate surface area is 242 Å². The number of hydrogen-bond donors (Lipinski definition) is 4. The Bertz CT molecular complexity index is 1050. The highest BCUT2D eigenvalue weighted by atomic mass is 16.5. The molecule has 0 fully saturated rings. The van der Waals surface area contributed by atoms with E-state index in [9.17, 15) is 28.8 Å². The van der Waals surface area contributed by atoms with Gasteiger partial charge in [0.05, 0.1) is 12.0 Å². The van der Waals surface area contributed by atoms with Crippen molar-refractivity contribution in [2.24, 2.45) is 29.4 Å². The highest BCUT2D eigenvalue weighted by Gasteiger charge is 2.29. The normalized spacial score (nSPS) is 12.5. The number of amides is 4. The molecular weight excluding hydrogens is 528 g/mol. The van der Waals surface area contributed by atoms with E-state index in [2.05, 4.69) is 16.0 Å². The zero-order valence-electron chi connectivity index (χ0n) is 25.1. The van der Waals surface area contributed by atoms with Gasteiger partial charge in [0, 0.05) is 43.3 Å². The van der Waals surface area contributed by atoms with E-state index in [4.69, 9.17) is 10.5 Å². The first-order valence-electron chi connectivity index (χ1n) is 14.2. The van der Waals surface area contributed by atoms with Crippen LogP contribution >= 0.6 is 0 Å². The van der Waals surface area contributed by atoms with Gasteiger partial charge in [-0.3, -0.25) is 24.0 Å². The fourth-order valence-electron chi connectivity index (χ4n) is 3.90. The molecule has 0 aromatic heterocycles. The third-order valence-corrected chi connectivity index (χ3v) is 6.49. The summed E-state index contributed by atoms with van der Waals surface area (Å²) in [6.07, 6.45) is 0.662. The predicted octanol–water partition coefficient (Wildman–Crippen LogP) is 3.49. The summed E-state index contributed by atoms with van der Waals surface area (Å²) in [5, 5.41) is 8.04. The minimum atomic E-state index is -0.816. The van der Waals surface area contributed by atoms with Crippen molar-refractivity contribution in [1.82, 2.24) is 10.6 Å². The second-order valence-electron chi connectivity index (χ2n) is 11.2. The maximum absolute atomic E-state index is 13.3. The number of urea groups is 1. The number of anilines is 1. The molecule has 228 valence electrons. The minimum Gasteiger partial charge on any atom is -0.461 e. The number of ketones is 2. The van der Waals surface area contributed by atoms with Crippen molar-refractivity contribution in [2.75, 3.05) is 11.9 Å². The Kier molecular flexibility index (Phi) is 15.3. The molecule has 11 heteroatoms. The largest absolute Gasteiger partial charge is 0.461 e. The van der Waals surface area contributed by atoms with Crippen molar-refractivity contribution >= 4 is 41.1 Å². The molecule has 41 heavy (non-hydrogen) atoms. The van der Waals surface area contributed by atoms with E-state index >= 15 is 0 Å². The average Bonchev–Trinajstić information content (AvgIpc) is 2.90. The number of primary amides is 1. The van der Waals surface area contributed by atoms with Gasteiger partial charge in [-0.25, -0.2) is 4.79 Å². The van der Waals surface area contributed by atoms with Gasteiger partial charge >= 0.3 is 12.0 Å². The average molecular weight is 575 g/mol. The quantitative estimate of drug-likeness (QED) is 0.153. The molecule has 0 aliphatic carbocycles. The van der Waals surface area contributed by atoms with Crippen LogP contribution in [0.25, 0.3) is 0 Å². The number of nitrogens with two attached hydrogens (primary N) is 1. The maximum Gasteiger partial charge on any atom is 0.312 e. The van der Waals surface area contributed by atoms with Crippen LogP contribution in [0.1, 0.15) is 79.2 Å². The first-order valence-corrected chi connectivity index (χ1v) is 14.2. The van der Waals surface area contributed by atoms with Crippen molar-refractivity contribution in [2.45, 2.75) is 86.3 Å². The lowest BCUT2D eigenvalue weighted by molar-refractivity contribution is -0.148. The molecule has 11 nitrogen and oxygen atoms in total. The summed E-state index contributed by atoms with van der Waals surface area (Å²) in [6, 6.07) is 5.32. The summed E-state index contributed by atoms with van der Waals surface area (Å²) in [6.45, 7) is 11.0. The smallest absolute Gasteiger partial charge is 0.312 e. The molecule has 1 unspecified atom stereocenters. The zero-order chi connectivity index (χ0) is 31.1. The molecule has 0 spiro atoms. The predicted molar refractivity (Wildman–Crippen MR) is 155 cm³/mol. The van der Waals surface area contributed by atoms with Crippen molar-refractivity contribution in [3.05, 3.63) is 29.8 Å². The molecule has 0 radical (unpaired) electrons. The molecule has 0 saturated heterocycles. The fraction of sp³-hybridized carbons (Fsp3) is 0.600. The molecule has 1 aromatic rings. The number of benzene rings is 1. The van der Waals surface area contributed by atoms with Gasteiger partial charge in [0.1, 0.15) is 12.4 Å². The van der Waals surface area contributed by atoms with E-state index in [0.29, 0.717) is 18.5 Å². The Morgan fingerprint density at radius 3 is 2.02 bits per heavy atom. The standard InChI is InChI=1S/C30H46N4O7/c1-18(2)24(35)13-14-26(37)34-27(19(3)4)25(36)16-22(8-7-15-32-30(31)40)28(38)33-23-11-9-21(10-12-23)17-41-29(39)20(5)6/h9-12,18-20,22,27H,7-8,13-17H2,1-6H3,(H,33,38)(H,34,37)(H3,31,32,40)/t22?,27-/m0/s1. The van der Waals surface area contributed by atoms with E-state index < -0.39 is 23.9 Å². The van der Waals surface area contributed by atoms with Gasteiger partial charge in [-0.1, -0.05) is 53.7 Å². The summed E-state index contributed by atoms with van der Waals surface area (Å²) in [4.78, 5) is 73.7. The summed E-state index contributed by atoms with van der Waals surface area (Å²) >= 11 is 0. The number of esters is 1. The van der Waals surface area contributed by atoms with Crippen molar-refractivity contribution < 1.29 is 33.5 Å². The molecule has 1 aromatic carbocycles. The van der Waals surface area contributed by atoms with Crippen LogP contribution in [0.2, 0.25) is 0 Å². The summed E-state index contributed by atoms with van der Waals surface area (Å²) < 4.78 is 5.22. The highest BCUT2D eigenvalue weighted by molar-refractivity contribution is 5.97. The van der Waals surface area contributed by atoms with Gasteiger partial charge in [0.25, 0.3) is 0 Å². The number of carbonyl (C=O) groups is 6. The molecule has 0 bridgehead atoms. The maximum atomic E-state index is 13.3. The van der Waals surface area contributed by atoms with Crippen molar-refractivity contribution in [1.29, 1.82) is 0 Å². The highest BCUT2D eigenvalue weighted by Crippen LogP contribution is 2.20. The molecule has 0 heterocycles. The Morgan fingerprint density at radius 1 is 0.854 bits per heavy atom. The monoisotopic (exact) mass is 574 g/mol. The second kappa shape index (κ2) is 17.8. The molecule has 0 aliphatic rings. The van der Waals surface area contributed by atoms with Gasteiger partial charge in [-0.2, -0.15) is 0 Å². The van der Waals surface area contributed by atoms with E-state index in [0.717, 1.165) is 5.56 Å². The molecule has 0 aliphatic heterocycles. The molecule has 4 amide bonds. The number of nitrogens with one attached hydrogen (secondary N) is 3. The van der Waals surface area contributed by atoms with Gasteiger partial charge < -0.3 is 26.4 Å². The fourth-order valence-corrected chi connectivity index (χ4v) is 3.90. The number of Topliss-reactive ketones (excluding diaryl/α,β-unsaturated/α-hetero) is 2. The van der Waals surface area contributed by atoms with E-state index in [1.165, 1.54) is 0 Å². The molecular formula is C30H46N4O7. The third-order valence-electron chi connectivity index (χ3n) is 6.49. The van der Waals surface area contributed by atoms with Gasteiger partial charge in [0.2, 0.25) is 11.8 Å². The van der Waals surface area contributed by atoms with Crippen LogP contribution < -0.4 is 21.7 Å². The molecule has 0 saturated carbocycles. The van der Waals surface area contributed by atoms with Crippen LogP contribution in [-0.4, -0.2) is 48.0 Å². The van der Waals surface area contributed by atoms with Crippen LogP contribution in [0, 0.1) is 23.7 Å². The van der Waals surface area contributed by atoms with Gasteiger partial charge in [0.15, 0.2) is 5.78 Å². The lowest BCUT2D eigenvalue weighted by Gasteiger charge is -2.24. The van der Waals surface area contributed by atoms with Gasteiger partial charge in [-0.05, 0) is 36.5 Å². The topological polar surface area (TPSA) is 174 Å². The van der Waals surface area contributed by atoms with Crippen LogP contribution in [0.4, 0.5) is 10.5 Å². The Morgan fingerprint density at radius 2 is 1.49 bits per heavy atom. The Hall–Kier alpha value is -3.76. The summed E-state index contributed by atoms with van der Waals surface area (Å²) in [5.74, 6) is -2.77. The van der Waals surface area contributed by atoms with Crippen molar-refractivity contribution in [3.8, 4) is 0 Å². The summed E-state index contributed by atoms with van der Waals surface area (Å²) in [5.41, 5.74) is 6.38. The number of ether oxygens (including phenoxy) is 1. The molecule has 2 atom stereocenters. The minimum absolute atomic E-state index is 0.0110. The lowest BCUT2D eigenvalue weighted by Crippen LogP contribution is -2.45. The first kappa shape index (κ1) is 35.3. The molecule has 1 rings (SSSR count). The molecule has 5 N–H and O–H groups in total. The van der Waals surface area contributed by atoms with E-state index in [1.807, 2.05) is 0 Å². The van der Waals surface area contributed by atoms with Crippen molar-refractivity contribution in [3.63, 3.8) is 0 Å². The van der Waals surface area contributed by atoms with Crippen LogP contribution in [-0.2, 0) is 35.3 Å². The number of hydrogen-bond acceptors (Lipinski definition) is 7. The zero-order valence-corrected chi connectivity index (χ0v) is 25.1. The van der Waals surface area contributed by atoms with E-state index in [1.54, 1.807) is 65.8 Å². The lowest BCUT2D eigenvalue weighted by atomic mass is 9.89. The first-order chi connectivity index (χ1) is 19.2. The Balaban J connectivity index is 2.90.